The van der Waals surface area contributed by atoms with Gasteiger partial charge in [-0.05, 0) is 57.8 Å². The van der Waals surface area contributed by atoms with E-state index in [4.69, 9.17) is 4.98 Å². The molecule has 3 nitrogen and oxygen atoms in total. The molecule has 1 heterocycles. The zero-order valence-corrected chi connectivity index (χ0v) is 28.0. The normalized spacial score (nSPS) is 12.2. The number of allylic oxidation sites excluding steroid dienone is 2. The average molecular weight is 725 g/mol. The van der Waals surface area contributed by atoms with E-state index in [1.807, 2.05) is 33.9 Å². The molecule has 0 bridgehead atoms. The van der Waals surface area contributed by atoms with Gasteiger partial charge in [0, 0.05) is 45.2 Å². The van der Waals surface area contributed by atoms with Crippen LogP contribution in [-0.4, -0.2) is 15.9 Å². The van der Waals surface area contributed by atoms with Crippen LogP contribution in [0, 0.1) is 24.8 Å². The monoisotopic (exact) mass is 725 g/mol. The van der Waals surface area contributed by atoms with Crippen LogP contribution in [0.4, 0.5) is 0 Å². The van der Waals surface area contributed by atoms with Gasteiger partial charge in [-0.1, -0.05) is 102 Å². The number of aryl methyl sites for hydroxylation is 1. The topological polar surface area (TPSA) is 50.2 Å². The van der Waals surface area contributed by atoms with Crippen molar-refractivity contribution in [3.05, 3.63) is 89.8 Å². The van der Waals surface area contributed by atoms with Crippen molar-refractivity contribution in [2.24, 2.45) is 11.8 Å². The minimum atomic E-state index is 0. The fourth-order valence-corrected chi connectivity index (χ4v) is 5.22. The fourth-order valence-electron chi connectivity index (χ4n) is 5.22. The number of benzene rings is 3. The number of hydrogen-bond acceptors (Lipinski definition) is 3. The summed E-state index contributed by atoms with van der Waals surface area (Å²) in [5.74, 6) is 0.979. The molecule has 0 unspecified atom stereocenters. The minimum absolute atomic E-state index is 0. The molecule has 0 spiro atoms. The molecule has 3 aromatic carbocycles. The first-order valence-corrected chi connectivity index (χ1v) is 14.3. The Morgan fingerprint density at radius 1 is 0.927 bits per heavy atom. The van der Waals surface area contributed by atoms with Crippen LogP contribution >= 0.6 is 0 Å². The standard InChI is InChI=1S/C26H22N.C11H20O2.Ir/c1-16-8-10-19-20-7-5-6-17-12-13-27-25(24(17)20)21-11-9-18(26(2,3)4)15-23(21)22(19)14-16;1-8(2)5-10(12)7-11(13)6-9(3)4;/h5-10,12-15H,1-4H3;7-9,12H,5-6H2,1-4H3;/q-1;;/b;10-7-;. The van der Waals surface area contributed by atoms with Crippen LogP contribution in [0.1, 0.15) is 72.4 Å². The van der Waals surface area contributed by atoms with E-state index in [1.54, 1.807) is 0 Å². The van der Waals surface area contributed by atoms with Gasteiger partial charge in [0.2, 0.25) is 0 Å². The average Bonchev–Trinajstić information content (AvgIpc) is 2.97. The Morgan fingerprint density at radius 2 is 1.63 bits per heavy atom. The van der Waals surface area contributed by atoms with E-state index < -0.39 is 0 Å². The van der Waals surface area contributed by atoms with Crippen LogP contribution in [0.3, 0.4) is 0 Å². The Labute approximate surface area is 259 Å². The number of ketones is 1. The number of pyridine rings is 1. The molecular formula is C37H42IrNO2-. The zero-order chi connectivity index (χ0) is 29.2. The maximum atomic E-state index is 11.2. The predicted molar refractivity (Wildman–Crippen MR) is 169 cm³/mol. The van der Waals surface area contributed by atoms with Crippen molar-refractivity contribution >= 4 is 16.6 Å². The van der Waals surface area contributed by atoms with Crippen molar-refractivity contribution in [3.63, 3.8) is 0 Å². The number of hydrogen-bond donors (Lipinski definition) is 1. The molecule has 0 amide bonds. The van der Waals surface area contributed by atoms with Crippen molar-refractivity contribution in [2.75, 3.05) is 0 Å². The van der Waals surface area contributed by atoms with Gasteiger partial charge in [0.05, 0.1) is 5.76 Å². The van der Waals surface area contributed by atoms with E-state index in [1.165, 1.54) is 50.2 Å². The molecule has 1 radical (unpaired) electrons. The molecule has 1 N–H and O–H groups in total. The van der Waals surface area contributed by atoms with E-state index in [9.17, 15) is 9.90 Å². The maximum absolute atomic E-state index is 11.2. The number of aliphatic hydroxyl groups excluding tert-OH is 1. The van der Waals surface area contributed by atoms with Crippen molar-refractivity contribution < 1.29 is 30.0 Å². The molecule has 0 saturated carbocycles. The van der Waals surface area contributed by atoms with Crippen LogP contribution in [0.2, 0.25) is 0 Å². The van der Waals surface area contributed by atoms with Crippen LogP contribution in [0.5, 0.6) is 0 Å². The van der Waals surface area contributed by atoms with Gasteiger partial charge in [0.25, 0.3) is 0 Å². The first-order valence-electron chi connectivity index (χ1n) is 14.3. The van der Waals surface area contributed by atoms with Gasteiger partial charge in [0.1, 0.15) is 0 Å². The Balaban J connectivity index is 0.000000284. The number of aliphatic hydroxyl groups is 1. The molecule has 1 aliphatic carbocycles. The molecule has 5 rings (SSSR count). The number of fused-ring (bicyclic) bond motifs is 5. The summed E-state index contributed by atoms with van der Waals surface area (Å²) in [5.41, 5.74) is 9.83. The number of carbonyl (C=O) groups is 1. The third-order valence-corrected chi connectivity index (χ3v) is 7.15. The van der Waals surface area contributed by atoms with Gasteiger partial charge >= 0.3 is 0 Å². The first-order chi connectivity index (χ1) is 18.8. The molecule has 41 heavy (non-hydrogen) atoms. The van der Waals surface area contributed by atoms with Crippen LogP contribution in [0.15, 0.2) is 72.6 Å². The molecule has 0 fully saturated rings. The molecule has 4 heteroatoms. The molecule has 1 aromatic heterocycles. The van der Waals surface area contributed by atoms with Crippen LogP contribution in [-0.2, 0) is 30.3 Å². The van der Waals surface area contributed by atoms with Crippen molar-refractivity contribution in [2.45, 2.75) is 73.6 Å². The van der Waals surface area contributed by atoms with Gasteiger partial charge in [-0.3, -0.25) is 4.79 Å². The quantitative estimate of drug-likeness (QED) is 0.112. The summed E-state index contributed by atoms with van der Waals surface area (Å²) >= 11 is 0. The maximum Gasteiger partial charge on any atom is 0.159 e. The van der Waals surface area contributed by atoms with Gasteiger partial charge in [-0.15, -0.1) is 29.3 Å². The van der Waals surface area contributed by atoms with E-state index in [2.05, 4.69) is 88.4 Å². The third kappa shape index (κ3) is 7.61. The minimum Gasteiger partial charge on any atom is -0.512 e. The molecule has 217 valence electrons. The summed E-state index contributed by atoms with van der Waals surface area (Å²) in [7, 11) is 0. The largest absolute Gasteiger partial charge is 0.512 e. The second-order valence-electron chi connectivity index (χ2n) is 12.8. The zero-order valence-electron chi connectivity index (χ0n) is 25.6. The molecule has 0 atom stereocenters. The summed E-state index contributed by atoms with van der Waals surface area (Å²) in [6.45, 7) is 16.9. The molecule has 1 aliphatic rings. The number of rotatable bonds is 5. The van der Waals surface area contributed by atoms with Gasteiger partial charge in [-0.25, -0.2) is 0 Å². The smallest absolute Gasteiger partial charge is 0.159 e. The van der Waals surface area contributed by atoms with Gasteiger partial charge in [-0.2, -0.15) is 0 Å². The summed E-state index contributed by atoms with van der Waals surface area (Å²) in [4.78, 5) is 16.0. The predicted octanol–water partition coefficient (Wildman–Crippen LogP) is 10.0. The summed E-state index contributed by atoms with van der Waals surface area (Å²) in [5, 5.41) is 11.8. The Bertz CT molecular complexity index is 1570. The van der Waals surface area contributed by atoms with Crippen molar-refractivity contribution in [3.8, 4) is 33.5 Å². The van der Waals surface area contributed by atoms with Gasteiger partial charge in [0.15, 0.2) is 5.78 Å². The number of nitrogens with zero attached hydrogens (tertiary/aromatic N) is 1. The first kappa shape index (κ1) is 32.4. The Hall–Kier alpha value is -3.07. The Morgan fingerprint density at radius 3 is 2.29 bits per heavy atom. The second-order valence-corrected chi connectivity index (χ2v) is 12.8. The fraction of sp³-hybridized carbons (Fsp3) is 0.351. The van der Waals surface area contributed by atoms with Gasteiger partial charge < -0.3 is 10.1 Å². The molecular weight excluding hydrogens is 683 g/mol. The third-order valence-electron chi connectivity index (χ3n) is 7.15. The summed E-state index contributed by atoms with van der Waals surface area (Å²) < 4.78 is 0. The van der Waals surface area contributed by atoms with Crippen LogP contribution < -0.4 is 0 Å². The van der Waals surface area contributed by atoms with E-state index >= 15 is 0 Å². The van der Waals surface area contributed by atoms with Crippen LogP contribution in [0.25, 0.3) is 44.3 Å². The van der Waals surface area contributed by atoms with E-state index in [0.717, 1.165) is 11.3 Å². The summed E-state index contributed by atoms with van der Waals surface area (Å²) in [6, 6.07) is 23.5. The summed E-state index contributed by atoms with van der Waals surface area (Å²) in [6.07, 6.45) is 4.38. The Kier molecular flexibility index (Phi) is 10.5. The number of aromatic nitrogens is 1. The second kappa shape index (κ2) is 13.3. The van der Waals surface area contributed by atoms with Crippen molar-refractivity contribution in [1.82, 2.24) is 4.98 Å². The van der Waals surface area contributed by atoms with Crippen molar-refractivity contribution in [1.29, 1.82) is 0 Å². The molecule has 0 saturated heterocycles. The molecule has 4 aromatic rings. The number of carbonyl (C=O) groups excluding carboxylic acids is 1. The van der Waals surface area contributed by atoms with E-state index in [-0.39, 0.29) is 37.1 Å². The SMILES string of the molecule is CC(C)CC(=O)/C=C(\O)CC(C)C.Cc1ccc2c(c1)-c1cc(C(C)(C)C)c[c-]c1-c1nccc3cccc-2c13.[Ir]. The van der Waals surface area contributed by atoms with E-state index in [0.29, 0.717) is 24.7 Å². The molecule has 0 aliphatic heterocycles.